The maximum atomic E-state index is 13.7. The van der Waals surface area contributed by atoms with E-state index >= 15 is 0 Å². The number of fused-ring (bicyclic) bond motifs is 3. The summed E-state index contributed by atoms with van der Waals surface area (Å²) in [6.07, 6.45) is 7.11. The highest BCUT2D eigenvalue weighted by atomic mass is 16.5. The van der Waals surface area contributed by atoms with Gasteiger partial charge in [0, 0.05) is 35.6 Å². The van der Waals surface area contributed by atoms with Crippen LogP contribution < -0.4 is 15.6 Å². The molecule has 0 saturated heterocycles. The largest absolute Gasteiger partial charge is 0.492 e. The van der Waals surface area contributed by atoms with Crippen molar-refractivity contribution >= 4 is 33.4 Å². The van der Waals surface area contributed by atoms with Crippen molar-refractivity contribution in [1.29, 1.82) is 0 Å². The fourth-order valence-corrected chi connectivity index (χ4v) is 5.14. The molecule has 1 saturated carbocycles. The summed E-state index contributed by atoms with van der Waals surface area (Å²) in [7, 11) is 1.91. The second-order valence-corrected chi connectivity index (χ2v) is 8.73. The van der Waals surface area contributed by atoms with Gasteiger partial charge in [-0.05, 0) is 38.0 Å². The van der Waals surface area contributed by atoms with Gasteiger partial charge in [-0.1, -0.05) is 49.6 Å². The number of hydrogen-bond donors (Lipinski definition) is 1. The number of nitrogens with zero attached hydrogens (tertiary/aromatic N) is 2. The number of aryl methyl sites for hydroxylation is 1. The first-order chi connectivity index (χ1) is 16.1. The SMILES string of the molecule is CCOc1ccccc1NC(=O)c1cn(C2CCCCC2)c(=O)c2c1c1ccccc1n2C. The van der Waals surface area contributed by atoms with E-state index < -0.39 is 0 Å². The monoisotopic (exact) mass is 443 g/mol. The predicted octanol–water partition coefficient (Wildman–Crippen LogP) is 5.65. The molecule has 2 aromatic carbocycles. The molecule has 0 bridgehead atoms. The Morgan fingerprint density at radius 1 is 1.06 bits per heavy atom. The Bertz CT molecular complexity index is 1390. The van der Waals surface area contributed by atoms with Crippen molar-refractivity contribution in [3.8, 4) is 5.75 Å². The number of carbonyl (C=O) groups excluding carboxylic acids is 1. The maximum Gasteiger partial charge on any atom is 0.275 e. The van der Waals surface area contributed by atoms with Gasteiger partial charge in [-0.15, -0.1) is 0 Å². The summed E-state index contributed by atoms with van der Waals surface area (Å²) in [5.74, 6) is 0.385. The van der Waals surface area contributed by atoms with Gasteiger partial charge in [0.1, 0.15) is 11.3 Å². The summed E-state index contributed by atoms with van der Waals surface area (Å²) in [4.78, 5) is 27.4. The number of pyridine rings is 1. The van der Waals surface area contributed by atoms with Crippen LogP contribution in [0, 0.1) is 0 Å². The highest BCUT2D eigenvalue weighted by molar-refractivity contribution is 6.20. The molecule has 0 spiro atoms. The van der Waals surface area contributed by atoms with Crippen molar-refractivity contribution < 1.29 is 9.53 Å². The van der Waals surface area contributed by atoms with E-state index in [1.165, 1.54) is 6.42 Å². The fraction of sp³-hybridized carbons (Fsp3) is 0.333. The number of carbonyl (C=O) groups is 1. The zero-order chi connectivity index (χ0) is 22.9. The van der Waals surface area contributed by atoms with E-state index in [1.54, 1.807) is 6.20 Å². The molecule has 0 radical (unpaired) electrons. The summed E-state index contributed by atoms with van der Waals surface area (Å²) in [5, 5.41) is 4.65. The van der Waals surface area contributed by atoms with Crippen LogP contribution in [0.3, 0.4) is 0 Å². The maximum absolute atomic E-state index is 13.7. The second kappa shape index (κ2) is 8.77. The summed E-state index contributed by atoms with van der Waals surface area (Å²) >= 11 is 0. The van der Waals surface area contributed by atoms with Crippen LogP contribution in [0.25, 0.3) is 21.8 Å². The van der Waals surface area contributed by atoms with Crippen LogP contribution in [0.4, 0.5) is 5.69 Å². The Kier molecular flexibility index (Phi) is 5.67. The molecule has 6 nitrogen and oxygen atoms in total. The summed E-state index contributed by atoms with van der Waals surface area (Å²) in [6.45, 7) is 2.42. The van der Waals surface area contributed by atoms with Gasteiger partial charge in [-0.2, -0.15) is 0 Å². The molecule has 1 aliphatic carbocycles. The van der Waals surface area contributed by atoms with Crippen molar-refractivity contribution in [3.05, 3.63) is 70.6 Å². The quantitative estimate of drug-likeness (QED) is 0.433. The molecule has 4 aromatic rings. The van der Waals surface area contributed by atoms with Crippen LogP contribution in [0.1, 0.15) is 55.4 Å². The number of amides is 1. The number of aromatic nitrogens is 2. The number of para-hydroxylation sites is 3. The lowest BCUT2D eigenvalue weighted by atomic mass is 9.95. The third-order valence-electron chi connectivity index (χ3n) is 6.73. The first kappa shape index (κ1) is 21.3. The van der Waals surface area contributed by atoms with Gasteiger partial charge in [-0.3, -0.25) is 9.59 Å². The van der Waals surface area contributed by atoms with Crippen molar-refractivity contribution in [1.82, 2.24) is 9.13 Å². The molecule has 0 unspecified atom stereocenters. The molecular weight excluding hydrogens is 414 g/mol. The lowest BCUT2D eigenvalue weighted by Crippen LogP contribution is -2.29. The molecule has 6 heteroatoms. The minimum atomic E-state index is -0.243. The molecule has 1 N–H and O–H groups in total. The average molecular weight is 444 g/mol. The van der Waals surface area contributed by atoms with Gasteiger partial charge in [0.05, 0.1) is 17.9 Å². The average Bonchev–Trinajstić information content (AvgIpc) is 3.14. The van der Waals surface area contributed by atoms with Crippen LogP contribution in [0.2, 0.25) is 0 Å². The van der Waals surface area contributed by atoms with Crippen LogP contribution in [0.15, 0.2) is 59.5 Å². The molecule has 0 aliphatic heterocycles. The first-order valence-electron chi connectivity index (χ1n) is 11.8. The lowest BCUT2D eigenvalue weighted by Gasteiger charge is -2.25. The molecule has 0 atom stereocenters. The number of nitrogens with one attached hydrogen (secondary N) is 1. The molecule has 2 heterocycles. The van der Waals surface area contributed by atoms with Crippen molar-refractivity contribution in [2.75, 3.05) is 11.9 Å². The van der Waals surface area contributed by atoms with Gasteiger partial charge in [0.2, 0.25) is 0 Å². The van der Waals surface area contributed by atoms with E-state index in [4.69, 9.17) is 4.74 Å². The normalized spacial score (nSPS) is 14.6. The molecule has 170 valence electrons. The third kappa shape index (κ3) is 3.69. The Balaban J connectivity index is 1.72. The number of ether oxygens (including phenoxy) is 1. The summed E-state index contributed by atoms with van der Waals surface area (Å²) < 4.78 is 9.44. The highest BCUT2D eigenvalue weighted by Gasteiger charge is 2.25. The number of rotatable bonds is 5. The van der Waals surface area contributed by atoms with Crippen molar-refractivity contribution in [2.24, 2.45) is 7.05 Å². The van der Waals surface area contributed by atoms with Gasteiger partial charge in [-0.25, -0.2) is 0 Å². The van der Waals surface area contributed by atoms with E-state index in [2.05, 4.69) is 5.32 Å². The van der Waals surface area contributed by atoms with Crippen molar-refractivity contribution in [3.63, 3.8) is 0 Å². The Morgan fingerprint density at radius 3 is 2.58 bits per heavy atom. The topological polar surface area (TPSA) is 65.3 Å². The standard InChI is InChI=1S/C27H29N3O3/c1-3-33-23-16-10-8-14-21(23)28-26(31)20-17-30(18-11-5-4-6-12-18)27(32)25-24(20)19-13-7-9-15-22(19)29(25)2/h7-10,13-18H,3-6,11-12H2,1-2H3,(H,28,31). The number of hydrogen-bond acceptors (Lipinski definition) is 3. The highest BCUT2D eigenvalue weighted by Crippen LogP contribution is 2.33. The van der Waals surface area contributed by atoms with Crippen LogP contribution in [0.5, 0.6) is 5.75 Å². The smallest absolute Gasteiger partial charge is 0.275 e. The van der Waals surface area contributed by atoms with E-state index in [-0.39, 0.29) is 17.5 Å². The minimum Gasteiger partial charge on any atom is -0.492 e. The molecule has 1 aliphatic rings. The Morgan fingerprint density at radius 2 is 1.79 bits per heavy atom. The molecule has 1 fully saturated rings. The first-order valence-corrected chi connectivity index (χ1v) is 11.8. The van der Waals surface area contributed by atoms with Crippen LogP contribution >= 0.6 is 0 Å². The lowest BCUT2D eigenvalue weighted by molar-refractivity contribution is 0.102. The minimum absolute atomic E-state index is 0.0260. The van der Waals surface area contributed by atoms with Gasteiger partial charge >= 0.3 is 0 Å². The van der Waals surface area contributed by atoms with Crippen molar-refractivity contribution in [2.45, 2.75) is 45.1 Å². The fourth-order valence-electron chi connectivity index (χ4n) is 5.14. The van der Waals surface area contributed by atoms with Gasteiger partial charge in [0.15, 0.2) is 0 Å². The Hall–Kier alpha value is -3.54. The van der Waals surface area contributed by atoms with E-state index in [9.17, 15) is 9.59 Å². The summed E-state index contributed by atoms with van der Waals surface area (Å²) in [5.41, 5.74) is 2.62. The molecule has 33 heavy (non-hydrogen) atoms. The zero-order valence-electron chi connectivity index (χ0n) is 19.1. The predicted molar refractivity (Wildman–Crippen MR) is 132 cm³/mol. The number of benzene rings is 2. The third-order valence-corrected chi connectivity index (χ3v) is 6.73. The second-order valence-electron chi connectivity index (χ2n) is 8.73. The summed E-state index contributed by atoms with van der Waals surface area (Å²) in [6, 6.07) is 15.4. The van der Waals surface area contributed by atoms with E-state index in [0.29, 0.717) is 34.5 Å². The Labute approximate surface area is 192 Å². The molecule has 2 aromatic heterocycles. The molecule has 5 rings (SSSR count). The van der Waals surface area contributed by atoms with E-state index in [0.717, 1.165) is 36.6 Å². The zero-order valence-corrected chi connectivity index (χ0v) is 19.1. The molecule has 1 amide bonds. The van der Waals surface area contributed by atoms with Crippen LogP contribution in [-0.4, -0.2) is 21.6 Å². The van der Waals surface area contributed by atoms with Gasteiger partial charge in [0.25, 0.3) is 11.5 Å². The molecular formula is C27H29N3O3. The van der Waals surface area contributed by atoms with Gasteiger partial charge < -0.3 is 19.2 Å². The van der Waals surface area contributed by atoms with E-state index in [1.807, 2.05) is 71.6 Å². The number of anilines is 1. The van der Waals surface area contributed by atoms with Crippen LogP contribution in [-0.2, 0) is 7.05 Å².